The van der Waals surface area contributed by atoms with Crippen molar-refractivity contribution in [3.8, 4) is 0 Å². The quantitative estimate of drug-likeness (QED) is 0.750. The number of primary amides is 1. The van der Waals surface area contributed by atoms with Crippen molar-refractivity contribution in [3.63, 3.8) is 0 Å². The van der Waals surface area contributed by atoms with Gasteiger partial charge in [0, 0.05) is 20.0 Å². The molecule has 0 aliphatic carbocycles. The predicted octanol–water partition coefficient (Wildman–Crippen LogP) is 1.43. The van der Waals surface area contributed by atoms with Crippen LogP contribution in [0.3, 0.4) is 0 Å². The van der Waals surface area contributed by atoms with E-state index in [0.717, 1.165) is 12.1 Å². The van der Waals surface area contributed by atoms with Gasteiger partial charge in [0.15, 0.2) is 0 Å². The highest BCUT2D eigenvalue weighted by Crippen LogP contribution is 2.31. The molecule has 0 fully saturated rings. The molecule has 1 rings (SSSR count). The molecule has 0 spiro atoms. The van der Waals surface area contributed by atoms with Crippen molar-refractivity contribution in [3.05, 3.63) is 17.7 Å². The van der Waals surface area contributed by atoms with E-state index in [1.807, 2.05) is 0 Å². The summed E-state index contributed by atoms with van der Waals surface area (Å²) in [6, 6.07) is 1.78. The first-order chi connectivity index (χ1) is 8.32. The summed E-state index contributed by atoms with van der Waals surface area (Å²) in [4.78, 5) is 14.4. The van der Waals surface area contributed by atoms with Gasteiger partial charge in [0.05, 0.1) is 5.56 Å². The number of hydrogen-bond donors (Lipinski definition) is 3. The zero-order valence-electron chi connectivity index (χ0n) is 9.64. The van der Waals surface area contributed by atoms with E-state index in [4.69, 9.17) is 5.73 Å². The summed E-state index contributed by atoms with van der Waals surface area (Å²) in [6.45, 7) is 0.132. The molecule has 0 aromatic carbocycles. The summed E-state index contributed by atoms with van der Waals surface area (Å²) < 4.78 is 37.7. The van der Waals surface area contributed by atoms with E-state index in [2.05, 4.69) is 15.6 Å². The van der Waals surface area contributed by atoms with Gasteiger partial charge in [-0.1, -0.05) is 0 Å². The topological polar surface area (TPSA) is 80.0 Å². The Balaban J connectivity index is 2.87. The second-order valence-electron chi connectivity index (χ2n) is 3.52. The summed E-state index contributed by atoms with van der Waals surface area (Å²) in [5.74, 6) is -0.412. The Bertz CT molecular complexity index is 434. The van der Waals surface area contributed by atoms with Crippen LogP contribution in [0, 0.1) is 0 Å². The number of halogens is 3. The molecule has 0 saturated carbocycles. The Kier molecular flexibility index (Phi) is 4.35. The fourth-order valence-corrected chi connectivity index (χ4v) is 1.23. The first-order valence-electron chi connectivity index (χ1n) is 5.12. The van der Waals surface area contributed by atoms with Crippen LogP contribution >= 0.6 is 0 Å². The zero-order valence-corrected chi connectivity index (χ0v) is 9.64. The Hall–Kier alpha value is -1.99. The molecule has 100 valence electrons. The minimum Gasteiger partial charge on any atom is -0.373 e. The highest BCUT2D eigenvalue weighted by Gasteiger charge is 2.31. The van der Waals surface area contributed by atoms with Crippen LogP contribution in [0.2, 0.25) is 0 Å². The van der Waals surface area contributed by atoms with E-state index in [-0.39, 0.29) is 24.6 Å². The summed E-state index contributed by atoms with van der Waals surface area (Å²) >= 11 is 0. The van der Waals surface area contributed by atoms with Crippen LogP contribution in [0.5, 0.6) is 0 Å². The molecule has 5 nitrogen and oxygen atoms in total. The molecule has 1 amide bonds. The lowest BCUT2D eigenvalue weighted by Crippen LogP contribution is -2.17. The van der Waals surface area contributed by atoms with Crippen LogP contribution in [0.1, 0.15) is 12.0 Å². The van der Waals surface area contributed by atoms with Gasteiger partial charge < -0.3 is 16.4 Å². The van der Waals surface area contributed by atoms with Crippen LogP contribution in [0.25, 0.3) is 0 Å². The Morgan fingerprint density at radius 2 is 2.00 bits per heavy atom. The highest BCUT2D eigenvalue weighted by molar-refractivity contribution is 5.74. The number of carbonyl (C=O) groups excluding carboxylic acids is 1. The minimum atomic E-state index is -4.45. The molecule has 1 aromatic rings. The number of pyridine rings is 1. The van der Waals surface area contributed by atoms with Gasteiger partial charge in [0.2, 0.25) is 5.91 Å². The van der Waals surface area contributed by atoms with E-state index in [9.17, 15) is 18.0 Å². The molecular formula is C10H13F3N4O. The van der Waals surface area contributed by atoms with Gasteiger partial charge in [-0.3, -0.25) is 4.79 Å². The second kappa shape index (κ2) is 5.56. The first kappa shape index (κ1) is 14.1. The summed E-state index contributed by atoms with van der Waals surface area (Å²) in [6.07, 6.45) is -4.43. The van der Waals surface area contributed by atoms with Gasteiger partial charge in [0.1, 0.15) is 11.6 Å². The van der Waals surface area contributed by atoms with Gasteiger partial charge in [-0.05, 0) is 12.1 Å². The number of nitrogens with two attached hydrogens (primary N) is 1. The third kappa shape index (κ3) is 4.11. The van der Waals surface area contributed by atoms with Gasteiger partial charge in [-0.25, -0.2) is 4.98 Å². The lowest BCUT2D eigenvalue weighted by molar-refractivity contribution is -0.137. The Labute approximate surface area is 102 Å². The van der Waals surface area contributed by atoms with Crippen molar-refractivity contribution < 1.29 is 18.0 Å². The fourth-order valence-electron chi connectivity index (χ4n) is 1.23. The van der Waals surface area contributed by atoms with Crippen molar-refractivity contribution >= 4 is 17.5 Å². The summed E-state index contributed by atoms with van der Waals surface area (Å²) in [7, 11) is 1.47. The molecule has 0 saturated heterocycles. The highest BCUT2D eigenvalue weighted by atomic mass is 19.4. The average molecular weight is 262 g/mol. The lowest BCUT2D eigenvalue weighted by atomic mass is 10.2. The fraction of sp³-hybridized carbons (Fsp3) is 0.400. The molecule has 4 N–H and O–H groups in total. The monoisotopic (exact) mass is 262 g/mol. The molecule has 0 bridgehead atoms. The average Bonchev–Trinajstić information content (AvgIpc) is 2.27. The Morgan fingerprint density at radius 1 is 1.39 bits per heavy atom. The maximum atomic E-state index is 12.6. The van der Waals surface area contributed by atoms with Crippen molar-refractivity contribution in [2.75, 3.05) is 24.2 Å². The predicted molar refractivity (Wildman–Crippen MR) is 61.1 cm³/mol. The van der Waals surface area contributed by atoms with E-state index in [1.165, 1.54) is 7.05 Å². The van der Waals surface area contributed by atoms with Gasteiger partial charge in [-0.15, -0.1) is 0 Å². The Morgan fingerprint density at radius 3 is 2.50 bits per heavy atom. The van der Waals surface area contributed by atoms with E-state index >= 15 is 0 Å². The molecule has 0 radical (unpaired) electrons. The number of amides is 1. The summed E-state index contributed by atoms with van der Waals surface area (Å²) in [5.41, 5.74) is 4.10. The van der Waals surface area contributed by atoms with Gasteiger partial charge in [0.25, 0.3) is 0 Å². The number of hydrogen-bond acceptors (Lipinski definition) is 4. The van der Waals surface area contributed by atoms with E-state index in [1.54, 1.807) is 0 Å². The van der Waals surface area contributed by atoms with E-state index in [0.29, 0.717) is 0 Å². The SMILES string of the molecule is CNc1cc(C(F)(F)F)cc(NCCC(N)=O)n1. The van der Waals surface area contributed by atoms with Crippen molar-refractivity contribution in [1.29, 1.82) is 0 Å². The third-order valence-corrected chi connectivity index (χ3v) is 2.09. The standard InChI is InChI=1S/C10H13F3N4O/c1-15-8-4-6(10(11,12)13)5-9(17-8)16-3-2-7(14)18/h4-5H,2-3H2,1H3,(H2,14,18)(H2,15,16,17). The molecule has 0 aliphatic rings. The van der Waals surface area contributed by atoms with Crippen LogP contribution in [0.4, 0.5) is 24.8 Å². The zero-order chi connectivity index (χ0) is 13.8. The number of aromatic nitrogens is 1. The first-order valence-corrected chi connectivity index (χ1v) is 5.12. The smallest absolute Gasteiger partial charge is 0.373 e. The number of rotatable bonds is 5. The number of carbonyl (C=O) groups is 1. The number of alkyl halides is 3. The number of nitrogens with one attached hydrogen (secondary N) is 2. The number of anilines is 2. The number of nitrogens with zero attached hydrogens (tertiary/aromatic N) is 1. The molecule has 18 heavy (non-hydrogen) atoms. The largest absolute Gasteiger partial charge is 0.416 e. The third-order valence-electron chi connectivity index (χ3n) is 2.09. The molecule has 0 atom stereocenters. The van der Waals surface area contributed by atoms with Crippen LogP contribution in [0.15, 0.2) is 12.1 Å². The molecule has 1 aromatic heterocycles. The molecule has 0 unspecified atom stereocenters. The van der Waals surface area contributed by atoms with Crippen molar-refractivity contribution in [2.24, 2.45) is 5.73 Å². The molecule has 1 heterocycles. The van der Waals surface area contributed by atoms with Gasteiger partial charge in [-0.2, -0.15) is 13.2 Å². The maximum absolute atomic E-state index is 12.6. The van der Waals surface area contributed by atoms with Crippen LogP contribution < -0.4 is 16.4 Å². The van der Waals surface area contributed by atoms with E-state index < -0.39 is 17.6 Å². The molecule has 0 aliphatic heterocycles. The summed E-state index contributed by atoms with van der Waals surface area (Å²) in [5, 5.41) is 5.15. The lowest BCUT2D eigenvalue weighted by Gasteiger charge is -2.12. The van der Waals surface area contributed by atoms with Crippen molar-refractivity contribution in [2.45, 2.75) is 12.6 Å². The minimum absolute atomic E-state index is 0.0206. The van der Waals surface area contributed by atoms with Crippen LogP contribution in [-0.2, 0) is 11.0 Å². The molecular weight excluding hydrogens is 249 g/mol. The van der Waals surface area contributed by atoms with Gasteiger partial charge >= 0.3 is 6.18 Å². The second-order valence-corrected chi connectivity index (χ2v) is 3.52. The normalized spacial score (nSPS) is 11.1. The maximum Gasteiger partial charge on any atom is 0.416 e. The van der Waals surface area contributed by atoms with Crippen LogP contribution in [-0.4, -0.2) is 24.5 Å². The molecule has 8 heteroatoms. The van der Waals surface area contributed by atoms with Crippen molar-refractivity contribution in [1.82, 2.24) is 4.98 Å².